The van der Waals surface area contributed by atoms with Gasteiger partial charge in [-0.1, -0.05) is 0 Å². The molecule has 34 heavy (non-hydrogen) atoms. The molecule has 0 aliphatic carbocycles. The Kier molecular flexibility index (Phi) is 5.85. The van der Waals surface area contributed by atoms with Gasteiger partial charge in [0.1, 0.15) is 5.39 Å². The number of aromatic nitrogens is 3. The van der Waals surface area contributed by atoms with Gasteiger partial charge in [-0.05, 0) is 49.6 Å². The van der Waals surface area contributed by atoms with Gasteiger partial charge in [-0.15, -0.1) is 0 Å². The Morgan fingerprint density at radius 2 is 2.06 bits per heavy atom. The number of anilines is 2. The van der Waals surface area contributed by atoms with Gasteiger partial charge in [0.25, 0.3) is 17.4 Å². The molecule has 10 heteroatoms. The van der Waals surface area contributed by atoms with E-state index in [0.29, 0.717) is 34.6 Å². The number of H-pyrrole nitrogens is 1. The maximum absolute atomic E-state index is 13.5. The molecule has 1 atom stereocenters. The third-order valence-corrected chi connectivity index (χ3v) is 6.61. The molecule has 3 aromatic rings. The van der Waals surface area contributed by atoms with Gasteiger partial charge in [0.05, 0.1) is 18.2 Å². The first-order chi connectivity index (χ1) is 16.3. The first-order valence-corrected chi connectivity index (χ1v) is 11.5. The number of alkyl halides is 2. The fourth-order valence-electron chi connectivity index (χ4n) is 4.71. The monoisotopic (exact) mass is 471 g/mol. The number of halogens is 2. The molecule has 2 saturated heterocycles. The highest BCUT2D eigenvalue weighted by atomic mass is 19.3. The second-order valence-electron chi connectivity index (χ2n) is 9.03. The topological polar surface area (TPSA) is 92.2 Å². The summed E-state index contributed by atoms with van der Waals surface area (Å²) in [7, 11) is 0. The number of amides is 1. The van der Waals surface area contributed by atoms with Gasteiger partial charge in [-0.25, -0.2) is 8.78 Å². The smallest absolute Gasteiger partial charge is 0.261 e. The van der Waals surface area contributed by atoms with Gasteiger partial charge >= 0.3 is 0 Å². The van der Waals surface area contributed by atoms with Crippen molar-refractivity contribution in [3.63, 3.8) is 0 Å². The normalized spacial score (nSPS) is 20.4. The van der Waals surface area contributed by atoms with Gasteiger partial charge in [0.15, 0.2) is 5.82 Å². The number of nitrogens with one attached hydrogen (secondary N) is 2. The van der Waals surface area contributed by atoms with Gasteiger partial charge in [0.2, 0.25) is 0 Å². The summed E-state index contributed by atoms with van der Waals surface area (Å²) in [6.45, 7) is 3.16. The first kappa shape index (κ1) is 22.5. The van der Waals surface area contributed by atoms with Crippen LogP contribution in [0.2, 0.25) is 0 Å². The SMILES string of the molecule is Cc1cc(Nc2nn(C3CCCOC3)c3cc[nH]c(=O)c23)ccc1C(=O)N1CCC(F)(F)CC1. The Balaban J connectivity index is 1.41. The molecule has 0 spiro atoms. The minimum absolute atomic E-state index is 0.0440. The lowest BCUT2D eigenvalue weighted by atomic mass is 10.0. The molecule has 2 aliphatic heterocycles. The van der Waals surface area contributed by atoms with Gasteiger partial charge in [-0.3, -0.25) is 14.3 Å². The van der Waals surface area contributed by atoms with E-state index in [1.807, 2.05) is 10.7 Å². The van der Waals surface area contributed by atoms with E-state index < -0.39 is 5.92 Å². The van der Waals surface area contributed by atoms with Gasteiger partial charge in [0, 0.05) is 50.0 Å². The Morgan fingerprint density at radius 1 is 1.26 bits per heavy atom. The van der Waals surface area contributed by atoms with Crippen LogP contribution in [0.4, 0.5) is 20.3 Å². The zero-order chi connectivity index (χ0) is 23.9. The first-order valence-electron chi connectivity index (χ1n) is 11.5. The van der Waals surface area contributed by atoms with Crippen molar-refractivity contribution in [1.29, 1.82) is 0 Å². The van der Waals surface area contributed by atoms with Crippen LogP contribution in [0.25, 0.3) is 10.9 Å². The van der Waals surface area contributed by atoms with E-state index in [-0.39, 0.29) is 43.4 Å². The van der Waals surface area contributed by atoms with E-state index in [1.165, 1.54) is 4.90 Å². The molecule has 4 heterocycles. The van der Waals surface area contributed by atoms with Crippen LogP contribution in [-0.2, 0) is 4.74 Å². The van der Waals surface area contributed by atoms with Crippen LogP contribution in [0.3, 0.4) is 0 Å². The van der Waals surface area contributed by atoms with Crippen LogP contribution in [0.1, 0.15) is 47.6 Å². The molecule has 2 fully saturated rings. The molecular weight excluding hydrogens is 444 g/mol. The molecule has 2 aromatic heterocycles. The van der Waals surface area contributed by atoms with Crippen LogP contribution >= 0.6 is 0 Å². The fraction of sp³-hybridized carbons (Fsp3) is 0.458. The fourth-order valence-corrected chi connectivity index (χ4v) is 4.71. The lowest BCUT2D eigenvalue weighted by molar-refractivity contribution is -0.0494. The summed E-state index contributed by atoms with van der Waals surface area (Å²) in [6, 6.07) is 7.11. The third-order valence-electron chi connectivity index (χ3n) is 6.61. The van der Waals surface area contributed by atoms with Crippen LogP contribution in [0.15, 0.2) is 35.3 Å². The summed E-state index contributed by atoms with van der Waals surface area (Å²) >= 11 is 0. The summed E-state index contributed by atoms with van der Waals surface area (Å²) in [5, 5.41) is 8.39. The van der Waals surface area contributed by atoms with Crippen molar-refractivity contribution in [2.45, 2.75) is 44.6 Å². The summed E-state index contributed by atoms with van der Waals surface area (Å²) < 4.78 is 34.4. The van der Waals surface area contributed by atoms with E-state index in [2.05, 4.69) is 10.3 Å². The predicted octanol–water partition coefficient (Wildman–Crippen LogP) is 4.00. The average molecular weight is 472 g/mol. The number of aryl methyl sites for hydroxylation is 1. The standard InChI is InChI=1S/C24H27F2N5O3/c1-15-13-16(4-5-18(15)23(33)30-10-7-24(25,26)8-11-30)28-21-20-19(6-9-27-22(20)32)31(29-21)17-3-2-12-34-14-17/h4-6,9,13,17H,2-3,7-8,10-12,14H2,1H3,(H,27,32)(H,28,29). The van der Waals surface area contributed by atoms with Gasteiger partial charge in [-0.2, -0.15) is 5.10 Å². The number of aromatic amines is 1. The van der Waals surface area contributed by atoms with Crippen molar-refractivity contribution in [3.8, 4) is 0 Å². The number of ether oxygens (including phenoxy) is 1. The van der Waals surface area contributed by atoms with Crippen LogP contribution in [0, 0.1) is 6.92 Å². The molecular formula is C24H27F2N5O3. The summed E-state index contributed by atoms with van der Waals surface area (Å²) in [6.07, 6.45) is 2.83. The molecule has 5 rings (SSSR count). The van der Waals surface area contributed by atoms with Crippen molar-refractivity contribution in [2.24, 2.45) is 0 Å². The summed E-state index contributed by atoms with van der Waals surface area (Å²) in [5.41, 5.74) is 2.35. The maximum atomic E-state index is 13.5. The number of benzene rings is 1. The Hall–Kier alpha value is -3.27. The van der Waals surface area contributed by atoms with Crippen molar-refractivity contribution in [2.75, 3.05) is 31.6 Å². The molecule has 0 radical (unpaired) electrons. The maximum Gasteiger partial charge on any atom is 0.261 e. The number of fused-ring (bicyclic) bond motifs is 1. The minimum atomic E-state index is -2.70. The van der Waals surface area contributed by atoms with E-state index in [9.17, 15) is 18.4 Å². The van der Waals surface area contributed by atoms with Crippen molar-refractivity contribution in [3.05, 3.63) is 51.9 Å². The third kappa shape index (κ3) is 4.29. The molecule has 2 aliphatic rings. The lowest BCUT2D eigenvalue weighted by Crippen LogP contribution is -2.42. The number of rotatable bonds is 4. The zero-order valence-corrected chi connectivity index (χ0v) is 18.9. The van der Waals surface area contributed by atoms with Crippen LogP contribution in [0.5, 0.6) is 0 Å². The molecule has 1 amide bonds. The number of carbonyl (C=O) groups is 1. The number of hydrogen-bond donors (Lipinski definition) is 2. The Bertz CT molecular complexity index is 1270. The number of pyridine rings is 1. The van der Waals surface area contributed by atoms with Crippen molar-refractivity contribution >= 4 is 28.3 Å². The molecule has 1 aromatic carbocycles. The van der Waals surface area contributed by atoms with E-state index in [0.717, 1.165) is 25.0 Å². The highest BCUT2D eigenvalue weighted by Gasteiger charge is 2.36. The number of hydrogen-bond acceptors (Lipinski definition) is 5. The summed E-state index contributed by atoms with van der Waals surface area (Å²) in [5.74, 6) is -2.52. The number of nitrogens with zero attached hydrogens (tertiary/aromatic N) is 3. The molecule has 0 saturated carbocycles. The van der Waals surface area contributed by atoms with Crippen molar-refractivity contribution in [1.82, 2.24) is 19.7 Å². The van der Waals surface area contributed by atoms with Crippen LogP contribution in [-0.4, -0.2) is 57.8 Å². The Labute approximate surface area is 194 Å². The quantitative estimate of drug-likeness (QED) is 0.600. The highest BCUT2D eigenvalue weighted by molar-refractivity contribution is 5.96. The molecule has 2 N–H and O–H groups in total. The van der Waals surface area contributed by atoms with E-state index in [1.54, 1.807) is 31.3 Å². The average Bonchev–Trinajstić information content (AvgIpc) is 3.19. The Morgan fingerprint density at radius 3 is 2.76 bits per heavy atom. The molecule has 0 bridgehead atoms. The largest absolute Gasteiger partial charge is 0.379 e. The van der Waals surface area contributed by atoms with E-state index in [4.69, 9.17) is 9.84 Å². The number of carbonyl (C=O) groups excluding carboxylic acids is 1. The summed E-state index contributed by atoms with van der Waals surface area (Å²) in [4.78, 5) is 29.7. The second kappa shape index (κ2) is 8.83. The molecule has 180 valence electrons. The zero-order valence-electron chi connectivity index (χ0n) is 18.9. The van der Waals surface area contributed by atoms with Crippen molar-refractivity contribution < 1.29 is 18.3 Å². The lowest BCUT2D eigenvalue weighted by Gasteiger charge is -2.32. The number of piperidine rings is 1. The number of likely N-dealkylation sites (tertiary alicyclic amines) is 1. The minimum Gasteiger partial charge on any atom is -0.379 e. The van der Waals surface area contributed by atoms with E-state index >= 15 is 0 Å². The molecule has 8 nitrogen and oxygen atoms in total. The second-order valence-corrected chi connectivity index (χ2v) is 9.03. The van der Waals surface area contributed by atoms with Gasteiger partial charge < -0.3 is 19.9 Å². The predicted molar refractivity (Wildman–Crippen MR) is 124 cm³/mol. The highest BCUT2D eigenvalue weighted by Crippen LogP contribution is 2.31. The molecule has 1 unspecified atom stereocenters. The van der Waals surface area contributed by atoms with Crippen LogP contribution < -0.4 is 10.9 Å².